The van der Waals surface area contributed by atoms with Crippen LogP contribution in [-0.4, -0.2) is 44.6 Å². The molecule has 1 heterocycles. The molecule has 0 aromatic carbocycles. The molecule has 7 heteroatoms. The van der Waals surface area contributed by atoms with E-state index in [9.17, 15) is 18.0 Å². The number of rotatable bonds is 5. The number of nitrogens with one attached hydrogen (secondary N) is 1. The molecule has 106 valence electrons. The van der Waals surface area contributed by atoms with Crippen molar-refractivity contribution >= 4 is 5.97 Å². The van der Waals surface area contributed by atoms with Crippen LogP contribution in [0.1, 0.15) is 20.3 Å². The van der Waals surface area contributed by atoms with Gasteiger partial charge in [-0.1, -0.05) is 0 Å². The normalized spacial score (nSPS) is 24.6. The minimum atomic E-state index is -4.59. The number of halogens is 3. The summed E-state index contributed by atoms with van der Waals surface area (Å²) in [7, 11) is 0. The van der Waals surface area contributed by atoms with Crippen LogP contribution in [0.4, 0.5) is 13.2 Å². The van der Waals surface area contributed by atoms with E-state index >= 15 is 0 Å². The second-order valence-electron chi connectivity index (χ2n) is 4.56. The van der Waals surface area contributed by atoms with E-state index < -0.39 is 24.1 Å². The molecule has 4 nitrogen and oxygen atoms in total. The number of esters is 1. The van der Waals surface area contributed by atoms with Gasteiger partial charge < -0.3 is 14.8 Å². The summed E-state index contributed by atoms with van der Waals surface area (Å²) in [4.78, 5) is 11.6. The van der Waals surface area contributed by atoms with Gasteiger partial charge >= 0.3 is 12.1 Å². The van der Waals surface area contributed by atoms with Gasteiger partial charge in [0.2, 0.25) is 0 Å². The lowest BCUT2D eigenvalue weighted by Crippen LogP contribution is -2.48. The molecule has 1 saturated heterocycles. The number of hydrogen-bond donors (Lipinski definition) is 1. The van der Waals surface area contributed by atoms with Crippen molar-refractivity contribution < 1.29 is 27.4 Å². The van der Waals surface area contributed by atoms with Crippen molar-refractivity contribution in [2.75, 3.05) is 26.3 Å². The Bertz CT molecular complexity index is 286. The molecule has 1 fully saturated rings. The topological polar surface area (TPSA) is 47.6 Å². The van der Waals surface area contributed by atoms with Crippen LogP contribution in [0.25, 0.3) is 0 Å². The largest absolute Gasteiger partial charge is 0.463 e. The molecule has 1 N–H and O–H groups in total. The number of carbonyl (C=O) groups is 1. The summed E-state index contributed by atoms with van der Waals surface area (Å²) in [5.74, 6) is -1.22. The molecule has 1 aliphatic rings. The molecule has 1 rings (SSSR count). The van der Waals surface area contributed by atoms with E-state index in [-0.39, 0.29) is 32.3 Å². The van der Waals surface area contributed by atoms with Gasteiger partial charge in [-0.05, 0) is 26.8 Å². The summed E-state index contributed by atoms with van der Waals surface area (Å²) in [5.41, 5.74) is -2.40. The lowest BCUT2D eigenvalue weighted by molar-refractivity contribution is -0.229. The lowest BCUT2D eigenvalue weighted by atomic mass is 9.86. The van der Waals surface area contributed by atoms with Crippen LogP contribution in [0, 0.1) is 5.41 Å². The van der Waals surface area contributed by atoms with Gasteiger partial charge in [-0.15, -0.1) is 0 Å². The van der Waals surface area contributed by atoms with Gasteiger partial charge in [-0.3, -0.25) is 4.79 Å². The molecule has 1 unspecified atom stereocenters. The van der Waals surface area contributed by atoms with Crippen LogP contribution in [0.3, 0.4) is 0 Å². The lowest BCUT2D eigenvalue weighted by Gasteiger charge is -2.28. The van der Waals surface area contributed by atoms with Crippen LogP contribution < -0.4 is 5.32 Å². The molecule has 0 saturated carbocycles. The maximum absolute atomic E-state index is 12.9. The zero-order valence-electron chi connectivity index (χ0n) is 10.5. The van der Waals surface area contributed by atoms with Gasteiger partial charge in [0.25, 0.3) is 0 Å². The SMILES string of the molecule is CC(C)OCCOC(=O)C1(C(F)(F)F)CCNC1. The van der Waals surface area contributed by atoms with Crippen molar-refractivity contribution in [2.45, 2.75) is 32.5 Å². The van der Waals surface area contributed by atoms with Gasteiger partial charge in [0, 0.05) is 6.54 Å². The summed E-state index contributed by atoms with van der Waals surface area (Å²) in [6.45, 7) is 3.27. The Kier molecular flexibility index (Phi) is 4.98. The van der Waals surface area contributed by atoms with E-state index in [0.717, 1.165) is 0 Å². The van der Waals surface area contributed by atoms with E-state index in [4.69, 9.17) is 4.74 Å². The first kappa shape index (κ1) is 15.2. The van der Waals surface area contributed by atoms with E-state index in [0.29, 0.717) is 0 Å². The quantitative estimate of drug-likeness (QED) is 0.607. The van der Waals surface area contributed by atoms with Crippen molar-refractivity contribution in [1.82, 2.24) is 5.32 Å². The predicted octanol–water partition coefficient (Wildman–Crippen LogP) is 1.50. The Morgan fingerprint density at radius 3 is 2.50 bits per heavy atom. The number of ether oxygens (including phenoxy) is 2. The molecule has 0 bridgehead atoms. The van der Waals surface area contributed by atoms with Gasteiger partial charge in [-0.2, -0.15) is 13.2 Å². The zero-order chi connectivity index (χ0) is 13.8. The van der Waals surface area contributed by atoms with E-state index in [2.05, 4.69) is 10.1 Å². The molecule has 0 spiro atoms. The third-order valence-electron chi connectivity index (χ3n) is 2.86. The van der Waals surface area contributed by atoms with Gasteiger partial charge in [0.15, 0.2) is 5.41 Å². The molecular formula is C11H18F3NO3. The molecule has 0 amide bonds. The number of alkyl halides is 3. The minimum absolute atomic E-state index is 0.0478. The summed E-state index contributed by atoms with van der Waals surface area (Å²) in [5, 5.41) is 2.56. The highest BCUT2D eigenvalue weighted by atomic mass is 19.4. The van der Waals surface area contributed by atoms with Gasteiger partial charge in [0.1, 0.15) is 6.61 Å². The molecule has 1 aliphatic heterocycles. The van der Waals surface area contributed by atoms with Crippen molar-refractivity contribution in [3.63, 3.8) is 0 Å². The summed E-state index contributed by atoms with van der Waals surface area (Å²) < 4.78 is 48.6. The van der Waals surface area contributed by atoms with E-state index in [1.807, 2.05) is 0 Å². The molecule has 1 atom stereocenters. The third-order valence-corrected chi connectivity index (χ3v) is 2.86. The fourth-order valence-corrected chi connectivity index (χ4v) is 1.78. The van der Waals surface area contributed by atoms with Crippen molar-refractivity contribution in [1.29, 1.82) is 0 Å². The summed E-state index contributed by atoms with van der Waals surface area (Å²) >= 11 is 0. The Labute approximate surface area is 104 Å². The van der Waals surface area contributed by atoms with Crippen molar-refractivity contribution in [3.05, 3.63) is 0 Å². The highest BCUT2D eigenvalue weighted by molar-refractivity contribution is 5.78. The average Bonchev–Trinajstić information content (AvgIpc) is 2.73. The maximum atomic E-state index is 12.9. The molecule has 0 aromatic rings. The van der Waals surface area contributed by atoms with Crippen LogP contribution >= 0.6 is 0 Å². The van der Waals surface area contributed by atoms with Gasteiger partial charge in [0.05, 0.1) is 12.7 Å². The predicted molar refractivity (Wildman–Crippen MR) is 58.0 cm³/mol. The molecule has 0 radical (unpaired) electrons. The van der Waals surface area contributed by atoms with Crippen molar-refractivity contribution in [3.8, 4) is 0 Å². The van der Waals surface area contributed by atoms with E-state index in [1.165, 1.54) is 0 Å². The van der Waals surface area contributed by atoms with Crippen LogP contribution in [-0.2, 0) is 14.3 Å². The standard InChI is InChI=1S/C11H18F3NO3/c1-8(2)17-5-6-18-9(16)10(11(12,13)14)3-4-15-7-10/h8,15H,3-7H2,1-2H3. The fraction of sp³-hybridized carbons (Fsp3) is 0.909. The highest BCUT2D eigenvalue weighted by Crippen LogP contribution is 2.43. The first-order valence-corrected chi connectivity index (χ1v) is 5.86. The average molecular weight is 269 g/mol. The summed E-state index contributed by atoms with van der Waals surface area (Å²) in [6, 6.07) is 0. The second-order valence-corrected chi connectivity index (χ2v) is 4.56. The fourth-order valence-electron chi connectivity index (χ4n) is 1.78. The Balaban J connectivity index is 2.52. The smallest absolute Gasteiger partial charge is 0.406 e. The third kappa shape index (κ3) is 3.35. The second kappa shape index (κ2) is 5.88. The van der Waals surface area contributed by atoms with Crippen LogP contribution in [0.2, 0.25) is 0 Å². The Morgan fingerprint density at radius 2 is 2.06 bits per heavy atom. The monoisotopic (exact) mass is 269 g/mol. The minimum Gasteiger partial charge on any atom is -0.463 e. The number of carbonyl (C=O) groups excluding carboxylic acids is 1. The maximum Gasteiger partial charge on any atom is 0.406 e. The summed E-state index contributed by atoms with van der Waals surface area (Å²) in [6.07, 6.45) is -4.92. The Morgan fingerprint density at radius 1 is 1.39 bits per heavy atom. The molecule has 0 aliphatic carbocycles. The highest BCUT2D eigenvalue weighted by Gasteiger charge is 2.62. The first-order valence-electron chi connectivity index (χ1n) is 5.86. The first-order chi connectivity index (χ1) is 8.29. The van der Waals surface area contributed by atoms with Crippen LogP contribution in [0.15, 0.2) is 0 Å². The van der Waals surface area contributed by atoms with Crippen LogP contribution in [0.5, 0.6) is 0 Å². The van der Waals surface area contributed by atoms with Gasteiger partial charge in [-0.25, -0.2) is 0 Å². The molecular weight excluding hydrogens is 251 g/mol. The number of hydrogen-bond acceptors (Lipinski definition) is 4. The van der Waals surface area contributed by atoms with Crippen molar-refractivity contribution in [2.24, 2.45) is 5.41 Å². The molecule has 18 heavy (non-hydrogen) atoms. The Hall–Kier alpha value is -0.820. The molecule has 0 aromatic heterocycles. The van der Waals surface area contributed by atoms with E-state index in [1.54, 1.807) is 13.8 Å². The zero-order valence-corrected chi connectivity index (χ0v) is 10.5.